The summed E-state index contributed by atoms with van der Waals surface area (Å²) in [5.41, 5.74) is 0.746. The Bertz CT molecular complexity index is 378. The Kier molecular flexibility index (Phi) is 9.49. The second-order valence-electron chi connectivity index (χ2n) is 4.25. The van der Waals surface area contributed by atoms with Crippen molar-refractivity contribution < 1.29 is 19.0 Å². The van der Waals surface area contributed by atoms with E-state index in [0.29, 0.717) is 39.5 Å². The molecule has 20 heavy (non-hydrogen) atoms. The molecule has 5 heteroatoms. The molecule has 4 nitrogen and oxygen atoms in total. The second-order valence-corrected chi connectivity index (χ2v) is 5.17. The maximum atomic E-state index is 11.9. The molecule has 0 heterocycles. The minimum atomic E-state index is 0.150. The van der Waals surface area contributed by atoms with Crippen molar-refractivity contribution in [3.8, 4) is 0 Å². The van der Waals surface area contributed by atoms with Crippen molar-refractivity contribution in [2.24, 2.45) is 0 Å². The van der Waals surface area contributed by atoms with Crippen molar-refractivity contribution in [1.29, 1.82) is 0 Å². The van der Waals surface area contributed by atoms with E-state index >= 15 is 0 Å². The van der Waals surface area contributed by atoms with E-state index in [1.807, 2.05) is 24.3 Å². The summed E-state index contributed by atoms with van der Waals surface area (Å²) in [7, 11) is 1.64. The van der Waals surface area contributed by atoms with Crippen molar-refractivity contribution in [2.45, 2.75) is 12.8 Å². The molecule has 0 atom stereocenters. The van der Waals surface area contributed by atoms with Gasteiger partial charge in [0.15, 0.2) is 5.78 Å². The quantitative estimate of drug-likeness (QED) is 0.457. The highest BCUT2D eigenvalue weighted by Crippen LogP contribution is 2.12. The van der Waals surface area contributed by atoms with Gasteiger partial charge in [-0.05, 0) is 18.6 Å². The number of carbonyl (C=O) groups excluding carboxylic acids is 1. The van der Waals surface area contributed by atoms with Gasteiger partial charge in [0, 0.05) is 30.2 Å². The van der Waals surface area contributed by atoms with Crippen LogP contribution < -0.4 is 0 Å². The minimum Gasteiger partial charge on any atom is -0.382 e. The third kappa shape index (κ3) is 7.75. The van der Waals surface area contributed by atoms with Gasteiger partial charge in [0.05, 0.1) is 26.4 Å². The first-order chi connectivity index (χ1) is 9.74. The minimum absolute atomic E-state index is 0.150. The van der Waals surface area contributed by atoms with Gasteiger partial charge in [-0.3, -0.25) is 4.79 Å². The summed E-state index contributed by atoms with van der Waals surface area (Å²) in [6.07, 6.45) is 1.24. The molecule has 0 amide bonds. The highest BCUT2D eigenvalue weighted by atomic mass is 79.9. The molecule has 0 N–H and O–H groups in total. The number of rotatable bonds is 11. The Morgan fingerprint density at radius 2 is 1.60 bits per heavy atom. The molecule has 0 aliphatic rings. The Hall–Kier alpha value is -0.750. The van der Waals surface area contributed by atoms with Crippen LogP contribution in [0, 0.1) is 0 Å². The Balaban J connectivity index is 2.01. The van der Waals surface area contributed by atoms with E-state index in [2.05, 4.69) is 15.9 Å². The van der Waals surface area contributed by atoms with Crippen LogP contribution in [0.15, 0.2) is 28.7 Å². The second kappa shape index (κ2) is 11.0. The van der Waals surface area contributed by atoms with Gasteiger partial charge in [-0.2, -0.15) is 0 Å². The van der Waals surface area contributed by atoms with Gasteiger partial charge in [-0.1, -0.05) is 28.1 Å². The molecule has 0 radical (unpaired) electrons. The number of ether oxygens (including phenoxy) is 3. The van der Waals surface area contributed by atoms with E-state index in [-0.39, 0.29) is 5.78 Å². The third-order valence-electron chi connectivity index (χ3n) is 2.66. The van der Waals surface area contributed by atoms with Crippen molar-refractivity contribution in [2.75, 3.05) is 40.1 Å². The lowest BCUT2D eigenvalue weighted by atomic mass is 10.1. The Morgan fingerprint density at radius 3 is 2.25 bits per heavy atom. The Labute approximate surface area is 128 Å². The van der Waals surface area contributed by atoms with Crippen molar-refractivity contribution in [1.82, 2.24) is 0 Å². The molecule has 0 saturated heterocycles. The molecule has 1 aromatic rings. The van der Waals surface area contributed by atoms with Crippen LogP contribution in [0.25, 0.3) is 0 Å². The molecule has 0 bridgehead atoms. The van der Waals surface area contributed by atoms with Gasteiger partial charge in [-0.15, -0.1) is 0 Å². The summed E-state index contributed by atoms with van der Waals surface area (Å²) < 4.78 is 16.5. The molecular formula is C15H21BrO4. The highest BCUT2D eigenvalue weighted by molar-refractivity contribution is 9.10. The molecule has 0 saturated carbocycles. The number of Topliss-reactive ketones (excluding diaryl/α,β-unsaturated/α-hetero) is 1. The standard InChI is InChI=1S/C15H21BrO4/c1-18-9-10-20-12-11-19-8-2-3-15(17)13-4-6-14(16)7-5-13/h4-7H,2-3,8-12H2,1H3. The van der Waals surface area contributed by atoms with Gasteiger partial charge in [0.25, 0.3) is 0 Å². The molecule has 0 spiro atoms. The zero-order valence-corrected chi connectivity index (χ0v) is 13.4. The van der Waals surface area contributed by atoms with Crippen molar-refractivity contribution in [3.63, 3.8) is 0 Å². The fourth-order valence-corrected chi connectivity index (χ4v) is 1.84. The molecule has 1 aromatic carbocycles. The van der Waals surface area contributed by atoms with Crippen molar-refractivity contribution in [3.05, 3.63) is 34.3 Å². The number of benzene rings is 1. The Morgan fingerprint density at radius 1 is 1.00 bits per heavy atom. The maximum Gasteiger partial charge on any atom is 0.162 e. The first kappa shape index (κ1) is 17.3. The summed E-state index contributed by atoms with van der Waals surface area (Å²) in [6.45, 7) is 2.87. The van der Waals surface area contributed by atoms with Gasteiger partial charge in [-0.25, -0.2) is 0 Å². The van der Waals surface area contributed by atoms with Crippen LogP contribution in [0.5, 0.6) is 0 Å². The van der Waals surface area contributed by atoms with Gasteiger partial charge in [0.2, 0.25) is 0 Å². The topological polar surface area (TPSA) is 44.8 Å². The van der Waals surface area contributed by atoms with E-state index < -0.39 is 0 Å². The fourth-order valence-electron chi connectivity index (χ4n) is 1.58. The van der Waals surface area contributed by atoms with E-state index in [4.69, 9.17) is 14.2 Å². The number of hydrogen-bond acceptors (Lipinski definition) is 4. The van der Waals surface area contributed by atoms with Crippen LogP contribution in [0.2, 0.25) is 0 Å². The molecule has 0 aromatic heterocycles. The van der Waals surface area contributed by atoms with Crippen LogP contribution in [0.1, 0.15) is 23.2 Å². The van der Waals surface area contributed by atoms with E-state index in [1.165, 1.54) is 0 Å². The molecule has 1 rings (SSSR count). The zero-order valence-electron chi connectivity index (χ0n) is 11.8. The number of methoxy groups -OCH3 is 1. The monoisotopic (exact) mass is 344 g/mol. The molecule has 112 valence electrons. The summed E-state index contributed by atoms with van der Waals surface area (Å²) in [4.78, 5) is 11.9. The summed E-state index contributed by atoms with van der Waals surface area (Å²) in [5.74, 6) is 0.150. The summed E-state index contributed by atoms with van der Waals surface area (Å²) in [5, 5.41) is 0. The van der Waals surface area contributed by atoms with Crippen LogP contribution in [-0.2, 0) is 14.2 Å². The van der Waals surface area contributed by atoms with E-state index in [1.54, 1.807) is 7.11 Å². The normalized spacial score (nSPS) is 10.7. The lowest BCUT2D eigenvalue weighted by molar-refractivity contribution is 0.0240. The van der Waals surface area contributed by atoms with Crippen LogP contribution in [0.4, 0.5) is 0 Å². The van der Waals surface area contributed by atoms with Gasteiger partial charge >= 0.3 is 0 Å². The summed E-state index contributed by atoms with van der Waals surface area (Å²) >= 11 is 3.35. The molecule has 0 unspecified atom stereocenters. The van der Waals surface area contributed by atoms with Gasteiger partial charge < -0.3 is 14.2 Å². The maximum absolute atomic E-state index is 11.9. The number of carbonyl (C=O) groups is 1. The predicted molar refractivity (Wildman–Crippen MR) is 81.2 cm³/mol. The predicted octanol–water partition coefficient (Wildman–Crippen LogP) is 3.09. The molecular weight excluding hydrogens is 324 g/mol. The van der Waals surface area contributed by atoms with Crippen LogP contribution >= 0.6 is 15.9 Å². The van der Waals surface area contributed by atoms with E-state index in [9.17, 15) is 4.79 Å². The molecule has 0 aliphatic heterocycles. The first-order valence-corrected chi connectivity index (χ1v) is 7.46. The molecule has 0 fully saturated rings. The van der Waals surface area contributed by atoms with E-state index in [0.717, 1.165) is 16.5 Å². The fraction of sp³-hybridized carbons (Fsp3) is 0.533. The number of halogens is 1. The smallest absolute Gasteiger partial charge is 0.162 e. The number of ketones is 1. The zero-order chi connectivity index (χ0) is 14.6. The SMILES string of the molecule is COCCOCCOCCCC(=O)c1ccc(Br)cc1. The highest BCUT2D eigenvalue weighted by Gasteiger charge is 2.04. The lowest BCUT2D eigenvalue weighted by Gasteiger charge is -2.05. The van der Waals surface area contributed by atoms with Gasteiger partial charge in [0.1, 0.15) is 0 Å². The van der Waals surface area contributed by atoms with Crippen LogP contribution in [0.3, 0.4) is 0 Å². The summed E-state index contributed by atoms with van der Waals surface area (Å²) in [6, 6.07) is 7.41. The first-order valence-electron chi connectivity index (χ1n) is 6.67. The molecule has 0 aliphatic carbocycles. The van der Waals surface area contributed by atoms with Crippen LogP contribution in [-0.4, -0.2) is 45.9 Å². The van der Waals surface area contributed by atoms with Crippen molar-refractivity contribution >= 4 is 21.7 Å². The largest absolute Gasteiger partial charge is 0.382 e. The average molecular weight is 345 g/mol. The average Bonchev–Trinajstić information content (AvgIpc) is 2.46. The third-order valence-corrected chi connectivity index (χ3v) is 3.19. The number of hydrogen-bond donors (Lipinski definition) is 0. The lowest BCUT2D eigenvalue weighted by Crippen LogP contribution is -2.09.